The number of ether oxygens (including phenoxy) is 7. The van der Waals surface area contributed by atoms with Crippen molar-refractivity contribution in [2.75, 3.05) is 13.2 Å². The zero-order valence-electron chi connectivity index (χ0n) is 26.7. The highest BCUT2D eigenvalue weighted by atomic mass is 16.8. The fourth-order valence-corrected chi connectivity index (χ4v) is 3.45. The Morgan fingerprint density at radius 2 is 1.23 bits per heavy atom. The van der Waals surface area contributed by atoms with Crippen LogP contribution in [0.25, 0.3) is 0 Å². The van der Waals surface area contributed by atoms with Crippen LogP contribution >= 0.6 is 0 Å². The molecule has 12 nitrogen and oxygen atoms in total. The molecule has 1 unspecified atom stereocenters. The Hall–Kier alpha value is -3.54. The summed E-state index contributed by atoms with van der Waals surface area (Å²) in [6, 6.07) is 3.27. The molecule has 0 spiro atoms. The second-order valence-corrected chi connectivity index (χ2v) is 11.3. The van der Waals surface area contributed by atoms with E-state index in [1.165, 1.54) is 12.1 Å². The molecule has 4 atom stereocenters. The van der Waals surface area contributed by atoms with E-state index in [2.05, 4.69) is 0 Å². The van der Waals surface area contributed by atoms with Crippen LogP contribution < -0.4 is 15.2 Å². The van der Waals surface area contributed by atoms with E-state index in [0.29, 0.717) is 36.7 Å². The lowest BCUT2D eigenvalue weighted by atomic mass is 10.1. The molecule has 0 heterocycles. The molecule has 43 heavy (non-hydrogen) atoms. The minimum absolute atomic E-state index is 0.00472. The molecule has 0 aliphatic heterocycles. The molecule has 0 amide bonds. The molecule has 0 saturated carbocycles. The predicted octanol–water partition coefficient (Wildman–Crippen LogP) is 6.34. The van der Waals surface area contributed by atoms with Gasteiger partial charge in [0.05, 0.1) is 13.2 Å². The van der Waals surface area contributed by atoms with Crippen LogP contribution in [0.2, 0.25) is 0 Å². The highest BCUT2D eigenvalue weighted by Crippen LogP contribution is 2.30. The molecule has 0 bridgehead atoms. The zero-order valence-corrected chi connectivity index (χ0v) is 26.7. The molecular formula is C31H49NO11. The summed E-state index contributed by atoms with van der Waals surface area (Å²) in [4.78, 5) is 49.2. The van der Waals surface area contributed by atoms with E-state index in [4.69, 9.17) is 38.9 Å². The average Bonchev–Trinajstić information content (AvgIpc) is 2.89. The largest absolute Gasteiger partial charge is 0.513 e. The van der Waals surface area contributed by atoms with Crippen LogP contribution in [0.1, 0.15) is 86.6 Å². The Bertz CT molecular complexity index is 1030. The lowest BCUT2D eigenvalue weighted by molar-refractivity contribution is -0.155. The van der Waals surface area contributed by atoms with Crippen LogP contribution in [-0.2, 0) is 34.9 Å². The molecular weight excluding hydrogens is 562 g/mol. The van der Waals surface area contributed by atoms with Gasteiger partial charge >= 0.3 is 24.4 Å². The number of carbonyl (C=O) groups is 4. The number of esters is 1. The van der Waals surface area contributed by atoms with Gasteiger partial charge in [-0.05, 0) is 76.0 Å². The minimum Gasteiger partial charge on any atom is -0.458 e. The molecule has 1 aromatic carbocycles. The second-order valence-electron chi connectivity index (χ2n) is 11.3. The van der Waals surface area contributed by atoms with E-state index in [0.717, 1.165) is 6.42 Å². The maximum absolute atomic E-state index is 12.7. The highest BCUT2D eigenvalue weighted by Gasteiger charge is 2.26. The highest BCUT2D eigenvalue weighted by molar-refractivity contribution is 5.76. The van der Waals surface area contributed by atoms with Gasteiger partial charge in [0.25, 0.3) is 0 Å². The van der Waals surface area contributed by atoms with Crippen molar-refractivity contribution in [2.24, 2.45) is 17.6 Å². The molecule has 244 valence electrons. The maximum atomic E-state index is 12.7. The monoisotopic (exact) mass is 611 g/mol. The fraction of sp³-hybridized carbons (Fsp3) is 0.677. The predicted molar refractivity (Wildman–Crippen MR) is 158 cm³/mol. The van der Waals surface area contributed by atoms with E-state index >= 15 is 0 Å². The average molecular weight is 612 g/mol. The standard InChI is InChI=1S/C31H49NO11/c1-9-10-21(6)39-31(36)41-23(8)22(7)40-28(33)25(32)17-24-11-12-26(42-29(34)37-15-13-19(2)3)27(18-24)43-30(35)38-16-14-20(4)5/h11-12,18-23,25H,9-10,13-17,32H2,1-8H3/t21?,22-,23-,25-/m0/s1. The first-order chi connectivity index (χ1) is 20.2. The summed E-state index contributed by atoms with van der Waals surface area (Å²) in [6.45, 7) is 15.2. The Morgan fingerprint density at radius 1 is 0.698 bits per heavy atom. The van der Waals surface area contributed by atoms with Crippen molar-refractivity contribution in [1.29, 1.82) is 0 Å². The summed E-state index contributed by atoms with van der Waals surface area (Å²) in [7, 11) is 0. The Labute approximate surface area is 254 Å². The van der Waals surface area contributed by atoms with Gasteiger partial charge in [-0.25, -0.2) is 14.4 Å². The van der Waals surface area contributed by atoms with Crippen LogP contribution in [0.4, 0.5) is 14.4 Å². The van der Waals surface area contributed by atoms with Crippen molar-refractivity contribution in [1.82, 2.24) is 0 Å². The Morgan fingerprint density at radius 3 is 1.77 bits per heavy atom. The Kier molecular flexibility index (Phi) is 17.1. The number of hydrogen-bond donors (Lipinski definition) is 1. The number of hydrogen-bond acceptors (Lipinski definition) is 12. The van der Waals surface area contributed by atoms with Crippen molar-refractivity contribution in [3.05, 3.63) is 23.8 Å². The lowest BCUT2D eigenvalue weighted by Gasteiger charge is -2.23. The van der Waals surface area contributed by atoms with Gasteiger partial charge in [-0.3, -0.25) is 4.79 Å². The topological polar surface area (TPSA) is 159 Å². The zero-order chi connectivity index (χ0) is 32.5. The smallest absolute Gasteiger partial charge is 0.458 e. The number of carbonyl (C=O) groups excluding carboxylic acids is 4. The van der Waals surface area contributed by atoms with E-state index in [1.54, 1.807) is 26.8 Å². The SMILES string of the molecule is CCCC(C)OC(=O)O[C@@H](C)[C@H](C)OC(=O)[C@@H](N)Cc1ccc(OC(=O)OCCC(C)C)c(OC(=O)OCCC(C)C)c1. The van der Waals surface area contributed by atoms with E-state index < -0.39 is 42.7 Å². The van der Waals surface area contributed by atoms with Gasteiger partial charge in [0.15, 0.2) is 11.5 Å². The summed E-state index contributed by atoms with van der Waals surface area (Å²) < 4.78 is 36.6. The summed E-state index contributed by atoms with van der Waals surface area (Å²) in [5, 5.41) is 0. The molecule has 1 aromatic rings. The van der Waals surface area contributed by atoms with Crippen LogP contribution in [0.5, 0.6) is 11.5 Å². The first kappa shape index (κ1) is 37.5. The summed E-state index contributed by atoms with van der Waals surface area (Å²) in [5.41, 5.74) is 6.58. The first-order valence-corrected chi connectivity index (χ1v) is 14.9. The molecule has 0 aromatic heterocycles. The van der Waals surface area contributed by atoms with Crippen molar-refractivity contribution >= 4 is 24.4 Å². The van der Waals surface area contributed by atoms with E-state index in [-0.39, 0.29) is 37.2 Å². The van der Waals surface area contributed by atoms with Crippen LogP contribution in [-0.4, -0.2) is 62.0 Å². The third kappa shape index (κ3) is 16.0. The quantitative estimate of drug-likeness (QED) is 0.118. The molecule has 0 aliphatic carbocycles. The van der Waals surface area contributed by atoms with E-state index in [9.17, 15) is 19.2 Å². The Balaban J connectivity index is 2.88. The maximum Gasteiger partial charge on any atom is 0.513 e. The molecule has 1 rings (SSSR count). The lowest BCUT2D eigenvalue weighted by Crippen LogP contribution is -2.39. The van der Waals surface area contributed by atoms with Gasteiger partial charge in [0, 0.05) is 0 Å². The molecule has 0 fully saturated rings. The molecule has 0 saturated heterocycles. The van der Waals surface area contributed by atoms with Crippen LogP contribution in [0.3, 0.4) is 0 Å². The normalized spacial score (nSPS) is 13.8. The van der Waals surface area contributed by atoms with Gasteiger partial charge in [0.1, 0.15) is 24.4 Å². The summed E-state index contributed by atoms with van der Waals surface area (Å²) in [5.74, 6) is -0.274. The number of nitrogens with two attached hydrogens (primary N) is 1. The number of rotatable bonds is 17. The van der Waals surface area contributed by atoms with Gasteiger partial charge in [-0.2, -0.15) is 0 Å². The summed E-state index contributed by atoms with van der Waals surface area (Å²) >= 11 is 0. The minimum atomic E-state index is -1.11. The van der Waals surface area contributed by atoms with Crippen molar-refractivity contribution < 1.29 is 52.3 Å². The first-order valence-electron chi connectivity index (χ1n) is 14.9. The molecule has 0 radical (unpaired) electrons. The van der Waals surface area contributed by atoms with Crippen LogP contribution in [0, 0.1) is 11.8 Å². The van der Waals surface area contributed by atoms with E-state index in [1.807, 2.05) is 34.6 Å². The summed E-state index contributed by atoms with van der Waals surface area (Å²) in [6.07, 6.45) is -1.82. The molecule has 12 heteroatoms. The van der Waals surface area contributed by atoms with Crippen molar-refractivity contribution in [3.63, 3.8) is 0 Å². The van der Waals surface area contributed by atoms with Gasteiger partial charge < -0.3 is 38.9 Å². The fourth-order valence-electron chi connectivity index (χ4n) is 3.45. The van der Waals surface area contributed by atoms with Crippen molar-refractivity contribution in [2.45, 2.75) is 112 Å². The van der Waals surface area contributed by atoms with Crippen molar-refractivity contribution in [3.8, 4) is 11.5 Å². The third-order valence-corrected chi connectivity index (χ3v) is 6.22. The van der Waals surface area contributed by atoms with Gasteiger partial charge in [-0.15, -0.1) is 0 Å². The second kappa shape index (κ2) is 19.6. The van der Waals surface area contributed by atoms with Gasteiger partial charge in [0.2, 0.25) is 0 Å². The van der Waals surface area contributed by atoms with Crippen LogP contribution in [0.15, 0.2) is 18.2 Å². The third-order valence-electron chi connectivity index (χ3n) is 6.22. The molecule has 2 N–H and O–H groups in total. The number of benzene rings is 1. The molecule has 0 aliphatic rings. The van der Waals surface area contributed by atoms with Gasteiger partial charge in [-0.1, -0.05) is 47.1 Å².